The van der Waals surface area contributed by atoms with Gasteiger partial charge in [-0.05, 0) is 50.3 Å². The molecule has 2 aromatic rings. The summed E-state index contributed by atoms with van der Waals surface area (Å²) in [6, 6.07) is 5.87. The molecule has 4 heterocycles. The van der Waals surface area contributed by atoms with E-state index >= 15 is 8.78 Å². The quantitative estimate of drug-likeness (QED) is 0.625. The van der Waals surface area contributed by atoms with Crippen molar-refractivity contribution in [2.45, 2.75) is 62.2 Å². The molecule has 3 fully saturated rings. The van der Waals surface area contributed by atoms with Crippen LogP contribution in [-0.2, 0) is 21.4 Å². The minimum absolute atomic E-state index is 0.115. The number of methoxy groups -OCH3 is 1. The highest BCUT2D eigenvalue weighted by Crippen LogP contribution is 2.42. The third-order valence-corrected chi connectivity index (χ3v) is 8.18. The topological polar surface area (TPSA) is 96.8 Å². The number of carbonyl (C=O) groups excluding carboxylic acids is 3. The zero-order valence-electron chi connectivity index (χ0n) is 21.3. The van der Waals surface area contributed by atoms with Crippen LogP contribution in [0.25, 0.3) is 10.9 Å². The Balaban J connectivity index is 1.24. The number of likely N-dealkylation sites (tertiary alicyclic amines) is 1. The van der Waals surface area contributed by atoms with Crippen molar-refractivity contribution in [3.63, 3.8) is 0 Å². The van der Waals surface area contributed by atoms with Crippen LogP contribution in [0.2, 0.25) is 0 Å². The summed E-state index contributed by atoms with van der Waals surface area (Å²) in [5.74, 6) is -1.05. The van der Waals surface area contributed by atoms with Crippen LogP contribution in [-0.4, -0.2) is 77.2 Å². The number of aromatic nitrogens is 2. The zero-order chi connectivity index (χ0) is 26.4. The maximum atomic E-state index is 15.8. The number of hydrogen-bond donors (Lipinski definition) is 1. The van der Waals surface area contributed by atoms with Crippen LogP contribution < -0.4 is 10.2 Å². The number of benzene rings is 1. The second kappa shape index (κ2) is 9.57. The molecule has 200 valence electrons. The Morgan fingerprint density at radius 1 is 1.11 bits per heavy atom. The Morgan fingerprint density at radius 2 is 1.76 bits per heavy atom. The Hall–Kier alpha value is -3.24. The van der Waals surface area contributed by atoms with Gasteiger partial charge in [-0.3, -0.25) is 19.6 Å². The van der Waals surface area contributed by atoms with Gasteiger partial charge in [0.2, 0.25) is 11.8 Å². The van der Waals surface area contributed by atoms with Gasteiger partial charge in [0.25, 0.3) is 0 Å². The van der Waals surface area contributed by atoms with E-state index in [1.54, 1.807) is 4.68 Å². The molecule has 1 aromatic heterocycles. The van der Waals surface area contributed by atoms with Gasteiger partial charge < -0.3 is 14.5 Å². The Bertz CT molecular complexity index is 1220. The molecule has 3 saturated heterocycles. The molecule has 0 spiro atoms. The normalized spacial score (nSPS) is 23.7. The summed E-state index contributed by atoms with van der Waals surface area (Å²) in [6.45, 7) is 1.39. The lowest BCUT2D eigenvalue weighted by Crippen LogP contribution is -2.50. The number of imide groups is 1. The lowest BCUT2D eigenvalue weighted by Gasteiger charge is -2.43. The molecule has 11 heteroatoms. The third kappa shape index (κ3) is 5.00. The Kier molecular flexibility index (Phi) is 6.57. The number of piperidine rings is 3. The number of rotatable bonds is 4. The van der Waals surface area contributed by atoms with Gasteiger partial charge in [-0.25, -0.2) is 13.6 Å². The Labute approximate surface area is 214 Å². The van der Waals surface area contributed by atoms with E-state index in [4.69, 9.17) is 4.74 Å². The summed E-state index contributed by atoms with van der Waals surface area (Å²) in [5.41, 5.74) is -0.777. The summed E-state index contributed by atoms with van der Waals surface area (Å²) >= 11 is 0. The molecular formula is C26H33F2N5O4. The van der Waals surface area contributed by atoms with Crippen molar-refractivity contribution >= 4 is 34.5 Å². The van der Waals surface area contributed by atoms with Gasteiger partial charge in [0.15, 0.2) is 0 Å². The lowest BCUT2D eigenvalue weighted by atomic mass is 9.78. The van der Waals surface area contributed by atoms with Crippen LogP contribution in [0, 0.1) is 0 Å². The van der Waals surface area contributed by atoms with Gasteiger partial charge >= 0.3 is 6.09 Å². The molecule has 37 heavy (non-hydrogen) atoms. The van der Waals surface area contributed by atoms with Crippen LogP contribution in [0.15, 0.2) is 18.2 Å². The molecule has 0 saturated carbocycles. The molecule has 9 nitrogen and oxygen atoms in total. The molecule has 3 amide bonds. The second-order valence-electron chi connectivity index (χ2n) is 10.6. The van der Waals surface area contributed by atoms with E-state index in [1.165, 1.54) is 12.0 Å². The average molecular weight is 518 g/mol. The molecule has 5 rings (SSSR count). The highest BCUT2D eigenvalue weighted by atomic mass is 19.2. The summed E-state index contributed by atoms with van der Waals surface area (Å²) in [5, 5.41) is 7.83. The number of nitrogens with one attached hydrogen (secondary N) is 1. The maximum Gasteiger partial charge on any atom is 0.409 e. The van der Waals surface area contributed by atoms with Crippen molar-refractivity contribution in [2.75, 3.05) is 38.2 Å². The number of ether oxygens (including phenoxy) is 1. The molecule has 1 unspecified atom stereocenters. The van der Waals surface area contributed by atoms with E-state index < -0.39 is 23.3 Å². The number of carbonyl (C=O) groups is 3. The van der Waals surface area contributed by atoms with E-state index in [0.29, 0.717) is 25.2 Å². The van der Waals surface area contributed by atoms with Crippen LogP contribution in [0.5, 0.6) is 0 Å². The molecule has 1 atom stereocenters. The smallest absolute Gasteiger partial charge is 0.409 e. The van der Waals surface area contributed by atoms with Crippen LogP contribution >= 0.6 is 0 Å². The summed E-state index contributed by atoms with van der Waals surface area (Å²) < 4.78 is 37.7. The summed E-state index contributed by atoms with van der Waals surface area (Å²) in [6.07, 6.45) is 0.775. The number of anilines is 1. The second-order valence-corrected chi connectivity index (χ2v) is 10.6. The van der Waals surface area contributed by atoms with E-state index in [-0.39, 0.29) is 63.4 Å². The monoisotopic (exact) mass is 517 g/mol. The standard InChI is InChI=1S/C26H33F2N5O4/c1-31-20-15-17(3-4-18(20)22(30-31)19-5-6-21(34)29-23(19)35)32-11-7-25(27,8-12-32)16-26(28)9-13-33(14-10-26)24(36)37-2/h3-4,15,19H,5-14,16H2,1-2H3,(H,29,34,35). The van der Waals surface area contributed by atoms with E-state index in [2.05, 4.69) is 15.3 Å². The number of alkyl halides is 2. The van der Waals surface area contributed by atoms with E-state index in [0.717, 1.165) is 16.6 Å². The molecule has 1 N–H and O–H groups in total. The first-order valence-electron chi connectivity index (χ1n) is 12.9. The third-order valence-electron chi connectivity index (χ3n) is 8.18. The van der Waals surface area contributed by atoms with Crippen molar-refractivity contribution in [1.82, 2.24) is 20.0 Å². The number of halogens is 2. The molecule has 3 aliphatic heterocycles. The summed E-state index contributed by atoms with van der Waals surface area (Å²) in [7, 11) is 3.11. The molecule has 3 aliphatic rings. The van der Waals surface area contributed by atoms with Crippen molar-refractivity contribution < 1.29 is 27.9 Å². The molecule has 0 aliphatic carbocycles. The van der Waals surface area contributed by atoms with Gasteiger partial charge in [0.05, 0.1) is 24.2 Å². The fraction of sp³-hybridized carbons (Fsp3) is 0.615. The molecule has 0 radical (unpaired) electrons. The zero-order valence-corrected chi connectivity index (χ0v) is 21.3. The van der Waals surface area contributed by atoms with Crippen LogP contribution in [0.4, 0.5) is 19.3 Å². The minimum Gasteiger partial charge on any atom is -0.453 e. The highest BCUT2D eigenvalue weighted by Gasteiger charge is 2.46. The van der Waals surface area contributed by atoms with Crippen molar-refractivity contribution in [2.24, 2.45) is 7.05 Å². The molecular weight excluding hydrogens is 484 g/mol. The molecule has 0 bridgehead atoms. The van der Waals surface area contributed by atoms with Crippen molar-refractivity contribution in [3.8, 4) is 0 Å². The first-order chi connectivity index (χ1) is 17.6. The summed E-state index contributed by atoms with van der Waals surface area (Å²) in [4.78, 5) is 39.2. The van der Waals surface area contributed by atoms with Gasteiger partial charge in [0.1, 0.15) is 11.3 Å². The maximum absolute atomic E-state index is 15.8. The predicted molar refractivity (Wildman–Crippen MR) is 133 cm³/mol. The number of amides is 3. The first kappa shape index (κ1) is 25.4. The van der Waals surface area contributed by atoms with Crippen molar-refractivity contribution in [3.05, 3.63) is 23.9 Å². The van der Waals surface area contributed by atoms with Gasteiger partial charge in [0, 0.05) is 57.1 Å². The fourth-order valence-electron chi connectivity index (χ4n) is 5.99. The largest absolute Gasteiger partial charge is 0.453 e. The highest BCUT2D eigenvalue weighted by molar-refractivity contribution is 6.02. The van der Waals surface area contributed by atoms with E-state index in [1.807, 2.05) is 25.2 Å². The average Bonchev–Trinajstić information content (AvgIpc) is 3.19. The Morgan fingerprint density at radius 3 is 2.38 bits per heavy atom. The predicted octanol–water partition coefficient (Wildman–Crippen LogP) is 3.36. The van der Waals surface area contributed by atoms with E-state index in [9.17, 15) is 14.4 Å². The van der Waals surface area contributed by atoms with Gasteiger partial charge in [-0.1, -0.05) is 0 Å². The minimum atomic E-state index is -1.62. The fourth-order valence-corrected chi connectivity index (χ4v) is 5.99. The first-order valence-corrected chi connectivity index (χ1v) is 12.9. The number of aryl methyl sites for hydroxylation is 1. The van der Waals surface area contributed by atoms with Crippen molar-refractivity contribution in [1.29, 1.82) is 0 Å². The molecule has 1 aromatic carbocycles. The number of nitrogens with zero attached hydrogens (tertiary/aromatic N) is 4. The lowest BCUT2D eigenvalue weighted by molar-refractivity contribution is -0.134. The number of fused-ring (bicyclic) bond motifs is 1. The van der Waals surface area contributed by atoms with Crippen LogP contribution in [0.1, 0.15) is 56.6 Å². The van der Waals surface area contributed by atoms with Gasteiger partial charge in [-0.2, -0.15) is 5.10 Å². The number of hydrogen-bond acceptors (Lipinski definition) is 6. The van der Waals surface area contributed by atoms with Crippen LogP contribution in [0.3, 0.4) is 0 Å². The van der Waals surface area contributed by atoms with Gasteiger partial charge in [-0.15, -0.1) is 0 Å². The SMILES string of the molecule is COC(=O)N1CCC(F)(CC2(F)CCN(c3ccc4c(C5CCC(=O)NC5=O)nn(C)c4c3)CC2)CC1.